The molecule has 0 atom stereocenters. The fourth-order valence-corrected chi connectivity index (χ4v) is 1.44. The molecule has 0 saturated carbocycles. The first kappa shape index (κ1) is 13.0. The number of hydrogen-bond acceptors (Lipinski definition) is 5. The van der Waals surface area contributed by atoms with Gasteiger partial charge in [0.25, 0.3) is 5.78 Å². The summed E-state index contributed by atoms with van der Waals surface area (Å²) >= 11 is 5.73. The number of Topliss-reactive ketones (excluding diaryl/α,β-unsaturated/α-hetero) is 1. The van der Waals surface area contributed by atoms with Gasteiger partial charge in [0, 0.05) is 5.02 Å². The Hall–Kier alpha value is -2.40. The molecule has 2 rings (SSSR count). The second-order valence-electron chi connectivity index (χ2n) is 3.54. The molecular weight excluding hydrogens is 268 g/mol. The Labute approximate surface area is 113 Å². The molecule has 0 bridgehead atoms. The van der Waals surface area contributed by atoms with E-state index in [-0.39, 0.29) is 11.5 Å². The van der Waals surface area contributed by atoms with Crippen LogP contribution in [-0.4, -0.2) is 17.8 Å². The fourth-order valence-electron chi connectivity index (χ4n) is 1.31. The molecule has 0 unspecified atom stereocenters. The number of hydrazone groups is 1. The molecular formula is C13H9ClN2O3. The first-order chi connectivity index (χ1) is 9.20. The van der Waals surface area contributed by atoms with Crippen molar-refractivity contribution in [3.05, 3.63) is 53.4 Å². The third kappa shape index (κ3) is 3.29. The van der Waals surface area contributed by atoms with Gasteiger partial charge in [-0.2, -0.15) is 5.10 Å². The van der Waals surface area contributed by atoms with Crippen molar-refractivity contribution in [2.75, 3.05) is 5.43 Å². The number of carbonyl (C=O) groups excluding carboxylic acids is 2. The highest BCUT2D eigenvalue weighted by Gasteiger charge is 2.16. The Morgan fingerprint density at radius 2 is 2.00 bits per heavy atom. The molecule has 1 aromatic heterocycles. The van der Waals surface area contributed by atoms with E-state index in [0.717, 1.165) is 0 Å². The van der Waals surface area contributed by atoms with Gasteiger partial charge in [-0.15, -0.1) is 0 Å². The number of aldehydes is 1. The number of nitrogens with zero attached hydrogens (tertiary/aromatic N) is 1. The van der Waals surface area contributed by atoms with Crippen LogP contribution in [0.25, 0.3) is 0 Å². The predicted octanol–water partition coefficient (Wildman–Crippen LogP) is 2.78. The molecule has 1 N–H and O–H groups in total. The highest BCUT2D eigenvalue weighted by molar-refractivity contribution is 6.63. The van der Waals surface area contributed by atoms with Crippen LogP contribution in [0.2, 0.25) is 5.02 Å². The van der Waals surface area contributed by atoms with Crippen molar-refractivity contribution >= 4 is 35.1 Å². The number of anilines is 1. The summed E-state index contributed by atoms with van der Waals surface area (Å²) in [6, 6.07) is 9.69. The molecule has 2 aromatic rings. The largest absolute Gasteiger partial charge is 0.461 e. The van der Waals surface area contributed by atoms with Gasteiger partial charge in [-0.05, 0) is 36.4 Å². The maximum atomic E-state index is 11.8. The first-order valence-corrected chi connectivity index (χ1v) is 5.71. The fraction of sp³-hybridized carbons (Fsp3) is 0. The van der Waals surface area contributed by atoms with Crippen LogP contribution in [0.3, 0.4) is 0 Å². The van der Waals surface area contributed by atoms with E-state index < -0.39 is 5.78 Å². The standard InChI is InChI=1S/C13H9ClN2O3/c14-9-3-5-10(6-4-9)15-16-11(8-17)13(18)12-2-1-7-19-12/h1-8,15H/b16-11-. The minimum absolute atomic E-state index is 0.0590. The predicted molar refractivity (Wildman–Crippen MR) is 71.6 cm³/mol. The third-order valence-corrected chi connectivity index (χ3v) is 2.49. The van der Waals surface area contributed by atoms with Crippen LogP contribution >= 0.6 is 11.6 Å². The van der Waals surface area contributed by atoms with Crippen molar-refractivity contribution in [2.45, 2.75) is 0 Å². The van der Waals surface area contributed by atoms with E-state index in [2.05, 4.69) is 10.5 Å². The summed E-state index contributed by atoms with van der Waals surface area (Å²) < 4.78 is 4.91. The third-order valence-electron chi connectivity index (χ3n) is 2.24. The molecule has 1 heterocycles. The molecule has 0 radical (unpaired) electrons. The van der Waals surface area contributed by atoms with Gasteiger partial charge in [0.1, 0.15) is 0 Å². The molecule has 0 aliphatic carbocycles. The molecule has 0 amide bonds. The molecule has 1 aromatic carbocycles. The van der Waals surface area contributed by atoms with Crippen molar-refractivity contribution in [3.63, 3.8) is 0 Å². The maximum Gasteiger partial charge on any atom is 0.251 e. The van der Waals surface area contributed by atoms with Gasteiger partial charge >= 0.3 is 0 Å². The van der Waals surface area contributed by atoms with Gasteiger partial charge in [-0.3, -0.25) is 15.0 Å². The van der Waals surface area contributed by atoms with Gasteiger partial charge < -0.3 is 4.42 Å². The number of furan rings is 1. The van der Waals surface area contributed by atoms with Crippen LogP contribution < -0.4 is 5.43 Å². The lowest BCUT2D eigenvalue weighted by Crippen LogP contribution is -2.16. The molecule has 96 valence electrons. The summed E-state index contributed by atoms with van der Waals surface area (Å²) in [5.74, 6) is -0.523. The number of benzene rings is 1. The number of carbonyl (C=O) groups is 2. The second kappa shape index (κ2) is 5.97. The zero-order valence-corrected chi connectivity index (χ0v) is 10.4. The molecule has 0 fully saturated rings. The number of rotatable bonds is 5. The van der Waals surface area contributed by atoms with Crippen molar-refractivity contribution in [1.82, 2.24) is 0 Å². The minimum Gasteiger partial charge on any atom is -0.461 e. The molecule has 0 aliphatic rings. The lowest BCUT2D eigenvalue weighted by molar-refractivity contribution is -0.102. The van der Waals surface area contributed by atoms with Crippen LogP contribution in [0.1, 0.15) is 10.6 Å². The first-order valence-electron chi connectivity index (χ1n) is 5.33. The van der Waals surface area contributed by atoms with Crippen LogP contribution in [0.5, 0.6) is 0 Å². The zero-order chi connectivity index (χ0) is 13.7. The van der Waals surface area contributed by atoms with Gasteiger partial charge in [-0.1, -0.05) is 11.6 Å². The summed E-state index contributed by atoms with van der Waals surface area (Å²) in [5.41, 5.74) is 2.94. The summed E-state index contributed by atoms with van der Waals surface area (Å²) in [7, 11) is 0. The average Bonchev–Trinajstić information content (AvgIpc) is 2.95. The monoisotopic (exact) mass is 276 g/mol. The van der Waals surface area contributed by atoms with Crippen LogP contribution in [0, 0.1) is 0 Å². The van der Waals surface area contributed by atoms with Gasteiger partial charge in [0.05, 0.1) is 12.0 Å². The van der Waals surface area contributed by atoms with E-state index in [1.165, 1.54) is 12.3 Å². The Balaban J connectivity index is 2.13. The Kier molecular flexibility index (Phi) is 4.10. The van der Waals surface area contributed by atoms with Crippen LogP contribution in [0.15, 0.2) is 52.2 Å². The quantitative estimate of drug-likeness (QED) is 0.300. The molecule has 0 spiro atoms. The summed E-state index contributed by atoms with van der Waals surface area (Å²) in [5, 5.41) is 4.32. The summed E-state index contributed by atoms with van der Waals surface area (Å²) in [6.45, 7) is 0. The normalized spacial score (nSPS) is 11.1. The zero-order valence-electron chi connectivity index (χ0n) is 9.67. The smallest absolute Gasteiger partial charge is 0.251 e. The highest BCUT2D eigenvalue weighted by Crippen LogP contribution is 2.13. The van der Waals surface area contributed by atoms with E-state index in [1.54, 1.807) is 30.3 Å². The van der Waals surface area contributed by atoms with E-state index in [4.69, 9.17) is 16.0 Å². The van der Waals surface area contributed by atoms with Crippen molar-refractivity contribution in [1.29, 1.82) is 0 Å². The van der Waals surface area contributed by atoms with Gasteiger partial charge in [0.15, 0.2) is 17.8 Å². The number of halogens is 1. The highest BCUT2D eigenvalue weighted by atomic mass is 35.5. The average molecular weight is 277 g/mol. The number of nitrogens with one attached hydrogen (secondary N) is 1. The van der Waals surface area contributed by atoms with E-state index >= 15 is 0 Å². The van der Waals surface area contributed by atoms with Gasteiger partial charge in [-0.25, -0.2) is 0 Å². The van der Waals surface area contributed by atoms with Crippen molar-refractivity contribution in [2.24, 2.45) is 5.10 Å². The van der Waals surface area contributed by atoms with E-state index in [0.29, 0.717) is 17.0 Å². The molecule has 0 aliphatic heterocycles. The number of ketones is 1. The summed E-state index contributed by atoms with van der Waals surface area (Å²) in [6.07, 6.45) is 1.72. The lowest BCUT2D eigenvalue weighted by atomic mass is 10.2. The lowest BCUT2D eigenvalue weighted by Gasteiger charge is -2.01. The van der Waals surface area contributed by atoms with Gasteiger partial charge in [0.2, 0.25) is 0 Å². The summed E-state index contributed by atoms with van der Waals surface area (Å²) in [4.78, 5) is 22.7. The molecule has 5 nitrogen and oxygen atoms in total. The maximum absolute atomic E-state index is 11.8. The van der Waals surface area contributed by atoms with Crippen molar-refractivity contribution < 1.29 is 14.0 Å². The second-order valence-corrected chi connectivity index (χ2v) is 3.98. The molecule has 6 heteroatoms. The Bertz CT molecular complexity index is 603. The minimum atomic E-state index is -0.582. The Morgan fingerprint density at radius 3 is 2.58 bits per heavy atom. The molecule has 0 saturated heterocycles. The topological polar surface area (TPSA) is 71.7 Å². The van der Waals surface area contributed by atoms with Crippen LogP contribution in [0.4, 0.5) is 5.69 Å². The van der Waals surface area contributed by atoms with Crippen molar-refractivity contribution in [3.8, 4) is 0 Å². The number of hydrogen-bond donors (Lipinski definition) is 1. The SMILES string of the molecule is O=C/C(=N/Nc1ccc(Cl)cc1)C(=O)c1ccco1. The molecule has 19 heavy (non-hydrogen) atoms. The van der Waals surface area contributed by atoms with E-state index in [1.807, 2.05) is 0 Å². The van der Waals surface area contributed by atoms with E-state index in [9.17, 15) is 9.59 Å². The Morgan fingerprint density at radius 1 is 1.26 bits per heavy atom. The van der Waals surface area contributed by atoms with Crippen LogP contribution in [-0.2, 0) is 4.79 Å².